The van der Waals surface area contributed by atoms with Crippen molar-refractivity contribution in [2.45, 2.75) is 44.7 Å². The SMILES string of the molecule is CC(C)NC(N)=NC1CC(c2ccc(F)c(Br)c2)C1. The molecule has 0 unspecified atom stereocenters. The number of aliphatic imine (C=N–C) groups is 1. The predicted molar refractivity (Wildman–Crippen MR) is 79.8 cm³/mol. The quantitative estimate of drug-likeness (QED) is 0.661. The molecule has 0 aliphatic heterocycles. The van der Waals surface area contributed by atoms with Crippen molar-refractivity contribution in [2.75, 3.05) is 0 Å². The van der Waals surface area contributed by atoms with Gasteiger partial charge >= 0.3 is 0 Å². The van der Waals surface area contributed by atoms with E-state index in [0.29, 0.717) is 22.4 Å². The number of halogens is 2. The van der Waals surface area contributed by atoms with E-state index in [9.17, 15) is 4.39 Å². The normalized spacial score (nSPS) is 23.3. The number of hydrogen-bond acceptors (Lipinski definition) is 1. The first-order chi connectivity index (χ1) is 8.95. The highest BCUT2D eigenvalue weighted by Gasteiger charge is 2.30. The maximum absolute atomic E-state index is 13.2. The van der Waals surface area contributed by atoms with Gasteiger partial charge in [0.05, 0.1) is 10.5 Å². The number of nitrogens with two attached hydrogens (primary N) is 1. The number of rotatable bonds is 3. The third-order valence-electron chi connectivity index (χ3n) is 3.29. The van der Waals surface area contributed by atoms with Crippen LogP contribution in [0.15, 0.2) is 27.7 Å². The van der Waals surface area contributed by atoms with Crippen LogP contribution in [0.1, 0.15) is 38.2 Å². The van der Waals surface area contributed by atoms with Gasteiger partial charge in [-0.25, -0.2) is 4.39 Å². The highest BCUT2D eigenvalue weighted by Crippen LogP contribution is 2.39. The maximum atomic E-state index is 13.2. The number of hydrogen-bond donors (Lipinski definition) is 2. The van der Waals surface area contributed by atoms with Crippen molar-refractivity contribution in [1.29, 1.82) is 0 Å². The highest BCUT2D eigenvalue weighted by atomic mass is 79.9. The largest absolute Gasteiger partial charge is 0.370 e. The Morgan fingerprint density at radius 3 is 2.74 bits per heavy atom. The van der Waals surface area contributed by atoms with Crippen LogP contribution in [0.4, 0.5) is 4.39 Å². The first-order valence-corrected chi connectivity index (χ1v) is 7.29. The van der Waals surface area contributed by atoms with Gasteiger partial charge in [0.1, 0.15) is 5.82 Å². The van der Waals surface area contributed by atoms with Crippen LogP contribution in [-0.4, -0.2) is 18.0 Å². The van der Waals surface area contributed by atoms with Crippen LogP contribution >= 0.6 is 15.9 Å². The molecule has 0 amide bonds. The van der Waals surface area contributed by atoms with Crippen molar-refractivity contribution in [3.8, 4) is 0 Å². The molecule has 1 saturated carbocycles. The van der Waals surface area contributed by atoms with Crippen LogP contribution in [0.2, 0.25) is 0 Å². The molecule has 3 nitrogen and oxygen atoms in total. The molecule has 5 heteroatoms. The van der Waals surface area contributed by atoms with Gasteiger partial charge in [-0.15, -0.1) is 0 Å². The monoisotopic (exact) mass is 327 g/mol. The second kappa shape index (κ2) is 5.90. The van der Waals surface area contributed by atoms with E-state index in [1.807, 2.05) is 26.0 Å². The van der Waals surface area contributed by atoms with Gasteiger partial charge in [0.2, 0.25) is 0 Å². The first kappa shape index (κ1) is 14.3. The van der Waals surface area contributed by atoms with E-state index in [1.54, 1.807) is 0 Å². The Labute approximate surface area is 121 Å². The van der Waals surface area contributed by atoms with E-state index >= 15 is 0 Å². The summed E-state index contributed by atoms with van der Waals surface area (Å²) in [6, 6.07) is 5.79. The molecule has 1 aliphatic carbocycles. The van der Waals surface area contributed by atoms with Crippen LogP contribution in [0.3, 0.4) is 0 Å². The second-order valence-corrected chi connectivity index (χ2v) is 6.16. The summed E-state index contributed by atoms with van der Waals surface area (Å²) in [7, 11) is 0. The van der Waals surface area contributed by atoms with Gasteiger partial charge in [0.15, 0.2) is 5.96 Å². The lowest BCUT2D eigenvalue weighted by Gasteiger charge is -2.33. The molecule has 0 spiro atoms. The Balaban J connectivity index is 1.90. The number of benzene rings is 1. The van der Waals surface area contributed by atoms with Gasteiger partial charge in [-0.1, -0.05) is 6.07 Å². The smallest absolute Gasteiger partial charge is 0.189 e. The fourth-order valence-electron chi connectivity index (χ4n) is 2.26. The Morgan fingerprint density at radius 2 is 2.16 bits per heavy atom. The van der Waals surface area contributed by atoms with E-state index in [4.69, 9.17) is 5.73 Å². The van der Waals surface area contributed by atoms with Crippen molar-refractivity contribution in [2.24, 2.45) is 10.7 Å². The molecule has 0 aromatic heterocycles. The first-order valence-electron chi connectivity index (χ1n) is 6.50. The fourth-order valence-corrected chi connectivity index (χ4v) is 2.66. The van der Waals surface area contributed by atoms with Crippen molar-refractivity contribution >= 4 is 21.9 Å². The maximum Gasteiger partial charge on any atom is 0.189 e. The average Bonchev–Trinajstić information content (AvgIpc) is 2.26. The lowest BCUT2D eigenvalue weighted by Crippen LogP contribution is -2.39. The number of nitrogens with one attached hydrogen (secondary N) is 1. The molecule has 2 rings (SSSR count). The summed E-state index contributed by atoms with van der Waals surface area (Å²) in [5, 5.41) is 3.08. The zero-order valence-corrected chi connectivity index (χ0v) is 12.7. The topological polar surface area (TPSA) is 50.4 Å². The minimum atomic E-state index is -0.219. The molecule has 0 saturated heterocycles. The summed E-state index contributed by atoms with van der Waals surface area (Å²) in [6.07, 6.45) is 1.94. The molecule has 1 aromatic carbocycles. The van der Waals surface area contributed by atoms with E-state index in [-0.39, 0.29) is 11.9 Å². The predicted octanol–water partition coefficient (Wildman–Crippen LogP) is 3.15. The Morgan fingerprint density at radius 1 is 1.47 bits per heavy atom. The molecule has 0 bridgehead atoms. The summed E-state index contributed by atoms with van der Waals surface area (Å²) in [6.45, 7) is 4.06. The molecular formula is C14H19BrFN3. The molecule has 104 valence electrons. The molecule has 1 aliphatic rings. The molecule has 1 aromatic rings. The Hall–Kier alpha value is -1.10. The van der Waals surface area contributed by atoms with Crippen LogP contribution in [0.25, 0.3) is 0 Å². The van der Waals surface area contributed by atoms with Crippen LogP contribution in [0.5, 0.6) is 0 Å². The minimum absolute atomic E-state index is 0.219. The lowest BCUT2D eigenvalue weighted by molar-refractivity contribution is 0.352. The standard InChI is InChI=1S/C14H19BrFN3/c1-8(2)18-14(17)19-11-5-10(6-11)9-3-4-13(16)12(15)7-9/h3-4,7-8,10-11H,5-6H2,1-2H3,(H3,17,18,19). The Kier molecular flexibility index (Phi) is 4.45. The third-order valence-corrected chi connectivity index (χ3v) is 3.89. The highest BCUT2D eigenvalue weighted by molar-refractivity contribution is 9.10. The van der Waals surface area contributed by atoms with Gasteiger partial charge in [-0.2, -0.15) is 0 Å². The minimum Gasteiger partial charge on any atom is -0.370 e. The van der Waals surface area contributed by atoms with E-state index in [1.165, 1.54) is 6.07 Å². The summed E-state index contributed by atoms with van der Waals surface area (Å²) < 4.78 is 13.7. The molecular weight excluding hydrogens is 309 g/mol. The van der Waals surface area contributed by atoms with Gasteiger partial charge < -0.3 is 11.1 Å². The summed E-state index contributed by atoms with van der Waals surface area (Å²) in [5.41, 5.74) is 6.96. The molecule has 0 heterocycles. The fraction of sp³-hybridized carbons (Fsp3) is 0.500. The zero-order valence-electron chi connectivity index (χ0n) is 11.2. The molecule has 19 heavy (non-hydrogen) atoms. The lowest BCUT2D eigenvalue weighted by atomic mass is 9.76. The van der Waals surface area contributed by atoms with Crippen LogP contribution in [0, 0.1) is 5.82 Å². The molecule has 3 N–H and O–H groups in total. The third kappa shape index (κ3) is 3.69. The van der Waals surface area contributed by atoms with Crippen molar-refractivity contribution in [3.63, 3.8) is 0 Å². The molecule has 0 radical (unpaired) electrons. The summed E-state index contributed by atoms with van der Waals surface area (Å²) in [4.78, 5) is 4.44. The Bertz CT molecular complexity index is 482. The molecule has 1 fully saturated rings. The van der Waals surface area contributed by atoms with E-state index < -0.39 is 0 Å². The average molecular weight is 328 g/mol. The van der Waals surface area contributed by atoms with Crippen molar-refractivity contribution in [3.05, 3.63) is 34.1 Å². The number of guanidine groups is 1. The number of nitrogens with zero attached hydrogens (tertiary/aromatic N) is 1. The van der Waals surface area contributed by atoms with E-state index in [0.717, 1.165) is 18.4 Å². The molecule has 0 atom stereocenters. The van der Waals surface area contributed by atoms with Gasteiger partial charge in [0.25, 0.3) is 0 Å². The van der Waals surface area contributed by atoms with Crippen molar-refractivity contribution in [1.82, 2.24) is 5.32 Å². The second-order valence-electron chi connectivity index (χ2n) is 5.31. The zero-order chi connectivity index (χ0) is 14.0. The van der Waals surface area contributed by atoms with E-state index in [2.05, 4.69) is 26.2 Å². The van der Waals surface area contributed by atoms with Crippen LogP contribution < -0.4 is 11.1 Å². The van der Waals surface area contributed by atoms with Gasteiger partial charge in [-0.05, 0) is 66.2 Å². The summed E-state index contributed by atoms with van der Waals surface area (Å²) in [5.74, 6) is 0.749. The van der Waals surface area contributed by atoms with Gasteiger partial charge in [0, 0.05) is 6.04 Å². The summed E-state index contributed by atoms with van der Waals surface area (Å²) >= 11 is 3.22. The van der Waals surface area contributed by atoms with Crippen LogP contribution in [-0.2, 0) is 0 Å². The van der Waals surface area contributed by atoms with Crippen molar-refractivity contribution < 1.29 is 4.39 Å². The van der Waals surface area contributed by atoms with Gasteiger partial charge in [-0.3, -0.25) is 4.99 Å².